The van der Waals surface area contributed by atoms with Crippen molar-refractivity contribution in [1.29, 1.82) is 0 Å². The van der Waals surface area contributed by atoms with E-state index in [1.54, 1.807) is 0 Å². The van der Waals surface area contributed by atoms with Crippen LogP contribution in [0.5, 0.6) is 0 Å². The Labute approximate surface area is 107 Å². The summed E-state index contributed by atoms with van der Waals surface area (Å²) in [5.41, 5.74) is 1.22. The molecule has 0 aromatic heterocycles. The lowest BCUT2D eigenvalue weighted by Gasteiger charge is -2.23. The molecule has 1 N–H and O–H groups in total. The molecule has 1 aromatic rings. The molecule has 0 aliphatic carbocycles. The van der Waals surface area contributed by atoms with Gasteiger partial charge in [-0.25, -0.2) is 0 Å². The minimum absolute atomic E-state index is 0.147. The van der Waals surface area contributed by atoms with Gasteiger partial charge in [0.1, 0.15) is 0 Å². The molecule has 17 heavy (non-hydrogen) atoms. The average Bonchev–Trinajstić information content (AvgIpc) is 2.38. The van der Waals surface area contributed by atoms with Gasteiger partial charge < -0.3 is 5.32 Å². The summed E-state index contributed by atoms with van der Waals surface area (Å²) < 4.78 is 12.1. The van der Waals surface area contributed by atoms with Crippen molar-refractivity contribution in [3.63, 3.8) is 0 Å². The SMILES string of the molecule is CCCCS(=O)C(C)C(NC)c1ccccc1. The van der Waals surface area contributed by atoms with E-state index in [0.29, 0.717) is 0 Å². The first-order valence-electron chi connectivity index (χ1n) is 6.30. The van der Waals surface area contributed by atoms with Crippen LogP contribution in [0.3, 0.4) is 0 Å². The van der Waals surface area contributed by atoms with Crippen molar-refractivity contribution in [3.05, 3.63) is 35.9 Å². The van der Waals surface area contributed by atoms with Gasteiger partial charge in [0.15, 0.2) is 0 Å². The second-order valence-electron chi connectivity index (χ2n) is 4.32. The fraction of sp³-hybridized carbons (Fsp3) is 0.571. The minimum atomic E-state index is -0.758. The molecule has 3 heteroatoms. The van der Waals surface area contributed by atoms with Crippen LogP contribution in [0.2, 0.25) is 0 Å². The van der Waals surface area contributed by atoms with Crippen LogP contribution in [0.4, 0.5) is 0 Å². The molecule has 0 aliphatic heterocycles. The van der Waals surface area contributed by atoms with Gasteiger partial charge in [-0.15, -0.1) is 0 Å². The number of hydrogen-bond donors (Lipinski definition) is 1. The fourth-order valence-electron chi connectivity index (χ4n) is 1.96. The van der Waals surface area contributed by atoms with E-state index in [1.165, 1.54) is 5.56 Å². The maximum atomic E-state index is 12.1. The Morgan fingerprint density at radius 2 is 1.94 bits per heavy atom. The molecule has 0 saturated heterocycles. The molecule has 0 heterocycles. The maximum Gasteiger partial charge on any atom is 0.0514 e. The topological polar surface area (TPSA) is 29.1 Å². The summed E-state index contributed by atoms with van der Waals surface area (Å²) >= 11 is 0. The quantitative estimate of drug-likeness (QED) is 0.809. The summed E-state index contributed by atoms with van der Waals surface area (Å²) in [4.78, 5) is 0. The second kappa shape index (κ2) is 7.62. The Kier molecular flexibility index (Phi) is 6.45. The first kappa shape index (κ1) is 14.4. The molecule has 3 atom stereocenters. The van der Waals surface area contributed by atoms with E-state index in [4.69, 9.17) is 0 Å². The first-order chi connectivity index (χ1) is 8.20. The summed E-state index contributed by atoms with van der Waals surface area (Å²) in [6.07, 6.45) is 2.15. The van der Waals surface area contributed by atoms with Crippen molar-refractivity contribution in [2.75, 3.05) is 12.8 Å². The number of benzene rings is 1. The van der Waals surface area contributed by atoms with Crippen molar-refractivity contribution in [2.24, 2.45) is 0 Å². The van der Waals surface area contributed by atoms with Crippen molar-refractivity contribution < 1.29 is 4.21 Å². The molecule has 0 spiro atoms. The molecule has 1 rings (SSSR count). The van der Waals surface area contributed by atoms with Crippen LogP contribution in [0, 0.1) is 0 Å². The van der Waals surface area contributed by atoms with E-state index >= 15 is 0 Å². The highest BCUT2D eigenvalue weighted by molar-refractivity contribution is 7.85. The van der Waals surface area contributed by atoms with Gasteiger partial charge >= 0.3 is 0 Å². The molecular weight excluding hydrogens is 230 g/mol. The molecule has 2 nitrogen and oxygen atoms in total. The lowest BCUT2D eigenvalue weighted by atomic mass is 10.0. The molecule has 96 valence electrons. The van der Waals surface area contributed by atoms with E-state index in [-0.39, 0.29) is 11.3 Å². The number of nitrogens with one attached hydrogen (secondary N) is 1. The van der Waals surface area contributed by atoms with Gasteiger partial charge in [-0.2, -0.15) is 0 Å². The third-order valence-corrected chi connectivity index (χ3v) is 4.85. The normalized spacial score (nSPS) is 16.4. The second-order valence-corrected chi connectivity index (χ2v) is 6.23. The van der Waals surface area contributed by atoms with Crippen LogP contribution < -0.4 is 5.32 Å². The summed E-state index contributed by atoms with van der Waals surface area (Å²) in [5, 5.41) is 3.43. The minimum Gasteiger partial charge on any atom is -0.312 e. The van der Waals surface area contributed by atoms with Crippen LogP contribution in [0.1, 0.15) is 38.3 Å². The Bertz CT molecular complexity index is 339. The molecule has 0 fully saturated rings. The van der Waals surface area contributed by atoms with Crippen LogP contribution in [-0.4, -0.2) is 22.3 Å². The lowest BCUT2D eigenvalue weighted by molar-refractivity contribution is 0.569. The maximum absolute atomic E-state index is 12.1. The molecule has 0 saturated carbocycles. The van der Waals surface area contributed by atoms with Gasteiger partial charge in [-0.1, -0.05) is 43.7 Å². The van der Waals surface area contributed by atoms with Gasteiger partial charge in [-0.3, -0.25) is 4.21 Å². The number of unbranched alkanes of at least 4 members (excludes halogenated alkanes) is 1. The van der Waals surface area contributed by atoms with E-state index in [0.717, 1.165) is 18.6 Å². The summed E-state index contributed by atoms with van der Waals surface area (Å²) in [6.45, 7) is 4.20. The number of rotatable bonds is 7. The van der Waals surface area contributed by atoms with Crippen LogP contribution in [0.15, 0.2) is 30.3 Å². The zero-order valence-electron chi connectivity index (χ0n) is 11.0. The molecular formula is C14H23NOS. The van der Waals surface area contributed by atoms with Gasteiger partial charge in [-0.05, 0) is 26.0 Å². The van der Waals surface area contributed by atoms with Gasteiger partial charge in [0.25, 0.3) is 0 Å². The molecule has 0 bridgehead atoms. The fourth-order valence-corrected chi connectivity index (χ4v) is 3.50. The predicted octanol–water partition coefficient (Wildman–Crippen LogP) is 2.88. The van der Waals surface area contributed by atoms with Crippen molar-refractivity contribution >= 4 is 10.8 Å². The number of hydrogen-bond acceptors (Lipinski definition) is 2. The molecule has 1 aromatic carbocycles. The van der Waals surface area contributed by atoms with Crippen molar-refractivity contribution in [1.82, 2.24) is 5.32 Å². The highest BCUT2D eigenvalue weighted by atomic mass is 32.2. The summed E-state index contributed by atoms with van der Waals surface area (Å²) in [5.74, 6) is 0.808. The lowest BCUT2D eigenvalue weighted by Crippen LogP contribution is -2.31. The Morgan fingerprint density at radius 3 is 2.47 bits per heavy atom. The third kappa shape index (κ3) is 4.25. The Morgan fingerprint density at radius 1 is 1.29 bits per heavy atom. The van der Waals surface area contributed by atoms with Crippen LogP contribution in [0.25, 0.3) is 0 Å². The zero-order valence-corrected chi connectivity index (χ0v) is 11.8. The van der Waals surface area contributed by atoms with Gasteiger partial charge in [0.2, 0.25) is 0 Å². The van der Waals surface area contributed by atoms with Gasteiger partial charge in [0.05, 0.1) is 5.25 Å². The molecule has 0 amide bonds. The van der Waals surface area contributed by atoms with Crippen molar-refractivity contribution in [2.45, 2.75) is 38.0 Å². The largest absolute Gasteiger partial charge is 0.312 e. The first-order valence-corrected chi connectivity index (χ1v) is 7.68. The Balaban J connectivity index is 2.70. The highest BCUT2D eigenvalue weighted by Gasteiger charge is 2.22. The predicted molar refractivity (Wildman–Crippen MR) is 75.6 cm³/mol. The van der Waals surface area contributed by atoms with Crippen LogP contribution >= 0.6 is 0 Å². The van der Waals surface area contributed by atoms with E-state index in [2.05, 4.69) is 31.3 Å². The van der Waals surface area contributed by atoms with Gasteiger partial charge in [0, 0.05) is 22.6 Å². The summed E-state index contributed by atoms with van der Waals surface area (Å²) in [7, 11) is 1.18. The standard InChI is InChI=1S/C14H23NOS/c1-4-5-11-17(16)12(2)14(15-3)13-9-7-6-8-10-13/h6-10,12,14-15H,4-5,11H2,1-3H3. The van der Waals surface area contributed by atoms with E-state index in [1.807, 2.05) is 25.2 Å². The van der Waals surface area contributed by atoms with Crippen molar-refractivity contribution in [3.8, 4) is 0 Å². The Hall–Kier alpha value is -0.670. The average molecular weight is 253 g/mol. The third-order valence-electron chi connectivity index (χ3n) is 3.05. The van der Waals surface area contributed by atoms with E-state index < -0.39 is 10.8 Å². The highest BCUT2D eigenvalue weighted by Crippen LogP contribution is 2.20. The smallest absolute Gasteiger partial charge is 0.0514 e. The molecule has 0 aliphatic rings. The monoisotopic (exact) mass is 253 g/mol. The van der Waals surface area contributed by atoms with E-state index in [9.17, 15) is 4.21 Å². The zero-order chi connectivity index (χ0) is 12.7. The van der Waals surface area contributed by atoms with Crippen LogP contribution in [-0.2, 0) is 10.8 Å². The summed E-state index contributed by atoms with van der Waals surface area (Å²) in [6, 6.07) is 10.4. The molecule has 3 unspecified atom stereocenters. The molecule has 0 radical (unpaired) electrons.